The maximum Gasteiger partial charge on any atom is 0.339 e. The van der Waals surface area contributed by atoms with Crippen LogP contribution in [0.25, 0.3) is 0 Å². The van der Waals surface area contributed by atoms with Crippen LogP contribution in [0.3, 0.4) is 0 Å². The molecule has 1 N–H and O–H groups in total. The Morgan fingerprint density at radius 1 is 1.15 bits per heavy atom. The predicted molar refractivity (Wildman–Crippen MR) is 101 cm³/mol. The van der Waals surface area contributed by atoms with Crippen molar-refractivity contribution in [2.24, 2.45) is 0 Å². The number of esters is 1. The minimum Gasteiger partial charge on any atom is -0.497 e. The molecule has 146 valence electrons. The number of nitrogens with one attached hydrogen (secondary N) is 1. The van der Waals surface area contributed by atoms with E-state index in [1.54, 1.807) is 37.7 Å². The first-order chi connectivity index (χ1) is 13.0. The lowest BCUT2D eigenvalue weighted by Gasteiger charge is -2.11. The number of carbonyl (C=O) groups is 2. The van der Waals surface area contributed by atoms with E-state index in [0.29, 0.717) is 42.5 Å². The third-order valence-electron chi connectivity index (χ3n) is 4.10. The molecule has 0 fully saturated rings. The van der Waals surface area contributed by atoms with Crippen molar-refractivity contribution in [1.82, 2.24) is 9.88 Å². The molecule has 7 nitrogen and oxygen atoms in total. The van der Waals surface area contributed by atoms with Crippen LogP contribution in [0, 0.1) is 13.8 Å². The number of benzene rings is 1. The van der Waals surface area contributed by atoms with Crippen molar-refractivity contribution >= 4 is 11.9 Å². The maximum absolute atomic E-state index is 12.2. The van der Waals surface area contributed by atoms with Gasteiger partial charge in [-0.15, -0.1) is 0 Å². The Morgan fingerprint density at radius 3 is 2.59 bits per heavy atom. The summed E-state index contributed by atoms with van der Waals surface area (Å²) in [6.45, 7) is 6.59. The van der Waals surface area contributed by atoms with E-state index in [-0.39, 0.29) is 18.4 Å². The molecule has 0 aliphatic heterocycles. The summed E-state index contributed by atoms with van der Waals surface area (Å²) >= 11 is 0. The first-order valence-corrected chi connectivity index (χ1v) is 8.83. The number of carbonyl (C=O) groups excluding carboxylic acids is 2. The molecule has 7 heteroatoms. The molecule has 0 aliphatic carbocycles. The van der Waals surface area contributed by atoms with Gasteiger partial charge in [-0.25, -0.2) is 4.79 Å². The summed E-state index contributed by atoms with van der Waals surface area (Å²) in [5, 5.41) is 2.82. The third-order valence-corrected chi connectivity index (χ3v) is 4.10. The summed E-state index contributed by atoms with van der Waals surface area (Å²) in [6.07, 6.45) is 0. The minimum atomic E-state index is -0.371. The van der Waals surface area contributed by atoms with Crippen molar-refractivity contribution in [3.05, 3.63) is 47.3 Å². The molecule has 1 heterocycles. The lowest BCUT2D eigenvalue weighted by atomic mass is 10.2. The monoisotopic (exact) mass is 374 g/mol. The number of hydrogen-bond acceptors (Lipinski definition) is 5. The molecule has 1 aromatic heterocycles. The van der Waals surface area contributed by atoms with E-state index in [9.17, 15) is 9.59 Å². The van der Waals surface area contributed by atoms with Crippen LogP contribution in [0.2, 0.25) is 0 Å². The van der Waals surface area contributed by atoms with Gasteiger partial charge in [0.25, 0.3) is 0 Å². The van der Waals surface area contributed by atoms with Gasteiger partial charge in [0.15, 0.2) is 0 Å². The van der Waals surface area contributed by atoms with Crippen LogP contribution < -0.4 is 14.8 Å². The predicted octanol–water partition coefficient (Wildman–Crippen LogP) is 2.49. The summed E-state index contributed by atoms with van der Waals surface area (Å²) in [4.78, 5) is 24.2. The number of amides is 1. The van der Waals surface area contributed by atoms with Crippen LogP contribution in [0.1, 0.15) is 28.7 Å². The van der Waals surface area contributed by atoms with Gasteiger partial charge in [0, 0.05) is 17.5 Å². The van der Waals surface area contributed by atoms with Crippen LogP contribution in [-0.2, 0) is 16.1 Å². The van der Waals surface area contributed by atoms with E-state index in [1.807, 2.05) is 25.1 Å². The number of methoxy groups -OCH3 is 1. The van der Waals surface area contributed by atoms with Crippen LogP contribution in [0.4, 0.5) is 0 Å². The van der Waals surface area contributed by atoms with Gasteiger partial charge in [-0.2, -0.15) is 0 Å². The van der Waals surface area contributed by atoms with Crippen molar-refractivity contribution in [3.8, 4) is 11.5 Å². The second-order valence-corrected chi connectivity index (χ2v) is 5.97. The summed E-state index contributed by atoms with van der Waals surface area (Å²) < 4.78 is 17.6. The molecular formula is C20H26N2O5. The molecule has 0 saturated heterocycles. The number of hydrogen-bond donors (Lipinski definition) is 1. The Kier molecular flexibility index (Phi) is 7.28. The Bertz CT molecular complexity index is 798. The van der Waals surface area contributed by atoms with Gasteiger partial charge >= 0.3 is 5.97 Å². The number of nitrogens with zero attached hydrogens (tertiary/aromatic N) is 1. The van der Waals surface area contributed by atoms with Gasteiger partial charge in [0.1, 0.15) is 24.7 Å². The SMILES string of the molecule is CCOC(=O)c1cc(C)n(CC(=O)NCCOc2cccc(OC)c2)c1C. The highest BCUT2D eigenvalue weighted by molar-refractivity contribution is 5.91. The molecule has 0 radical (unpaired) electrons. The Labute approximate surface area is 159 Å². The van der Waals surface area contributed by atoms with Gasteiger partial charge in [-0.1, -0.05) is 6.07 Å². The lowest BCUT2D eigenvalue weighted by molar-refractivity contribution is -0.121. The fourth-order valence-corrected chi connectivity index (χ4v) is 2.71. The molecule has 27 heavy (non-hydrogen) atoms. The zero-order chi connectivity index (χ0) is 19.8. The van der Waals surface area contributed by atoms with Crippen molar-refractivity contribution in [2.45, 2.75) is 27.3 Å². The molecule has 1 amide bonds. The van der Waals surface area contributed by atoms with E-state index in [1.165, 1.54) is 0 Å². The maximum atomic E-state index is 12.2. The van der Waals surface area contributed by atoms with Gasteiger partial charge in [-0.05, 0) is 39.0 Å². The van der Waals surface area contributed by atoms with Crippen LogP contribution in [0.5, 0.6) is 11.5 Å². The van der Waals surface area contributed by atoms with Crippen LogP contribution >= 0.6 is 0 Å². The van der Waals surface area contributed by atoms with Gasteiger partial charge in [-0.3, -0.25) is 4.79 Å². The van der Waals surface area contributed by atoms with Gasteiger partial charge < -0.3 is 24.1 Å². The molecule has 1 aromatic carbocycles. The largest absolute Gasteiger partial charge is 0.497 e. The first kappa shape index (κ1) is 20.4. The van der Waals surface area contributed by atoms with Gasteiger partial charge in [0.05, 0.1) is 25.8 Å². The highest BCUT2D eigenvalue weighted by atomic mass is 16.5. The minimum absolute atomic E-state index is 0.135. The Balaban J connectivity index is 1.84. The van der Waals surface area contributed by atoms with Crippen molar-refractivity contribution in [2.75, 3.05) is 26.9 Å². The molecule has 2 aromatic rings. The molecule has 0 aliphatic rings. The number of aryl methyl sites for hydroxylation is 1. The van der Waals surface area contributed by atoms with Crippen LogP contribution in [-0.4, -0.2) is 43.3 Å². The Hall–Kier alpha value is -2.96. The fourth-order valence-electron chi connectivity index (χ4n) is 2.71. The number of rotatable bonds is 9. The molecule has 2 rings (SSSR count). The summed E-state index contributed by atoms with van der Waals surface area (Å²) in [5.41, 5.74) is 2.04. The van der Waals surface area contributed by atoms with Gasteiger partial charge in [0.2, 0.25) is 5.91 Å². The molecule has 0 saturated carbocycles. The van der Waals surface area contributed by atoms with E-state index >= 15 is 0 Å². The molecular weight excluding hydrogens is 348 g/mol. The molecule has 0 unspecified atom stereocenters. The second-order valence-electron chi connectivity index (χ2n) is 5.97. The first-order valence-electron chi connectivity index (χ1n) is 8.83. The average Bonchev–Trinajstić information content (AvgIpc) is 2.94. The fraction of sp³-hybridized carbons (Fsp3) is 0.400. The highest BCUT2D eigenvalue weighted by Gasteiger charge is 2.17. The number of ether oxygens (including phenoxy) is 3. The average molecular weight is 374 g/mol. The smallest absolute Gasteiger partial charge is 0.339 e. The topological polar surface area (TPSA) is 78.8 Å². The summed E-state index contributed by atoms with van der Waals surface area (Å²) in [6, 6.07) is 9.03. The third kappa shape index (κ3) is 5.51. The van der Waals surface area contributed by atoms with E-state index in [4.69, 9.17) is 14.2 Å². The second kappa shape index (κ2) is 9.66. The molecule has 0 atom stereocenters. The standard InChI is InChI=1S/C20H26N2O5/c1-5-26-20(24)18-11-14(2)22(15(18)3)13-19(23)21-9-10-27-17-8-6-7-16(12-17)25-4/h6-8,11-12H,5,9-10,13H2,1-4H3,(H,21,23). The van der Waals surface area contributed by atoms with E-state index in [0.717, 1.165) is 5.69 Å². The van der Waals surface area contributed by atoms with Crippen LogP contribution in [0.15, 0.2) is 30.3 Å². The number of aromatic nitrogens is 1. The summed E-state index contributed by atoms with van der Waals surface area (Å²) in [5.74, 6) is 0.873. The van der Waals surface area contributed by atoms with Crippen molar-refractivity contribution < 1.29 is 23.8 Å². The van der Waals surface area contributed by atoms with E-state index < -0.39 is 0 Å². The zero-order valence-corrected chi connectivity index (χ0v) is 16.2. The zero-order valence-electron chi connectivity index (χ0n) is 16.2. The molecule has 0 bridgehead atoms. The van der Waals surface area contributed by atoms with Crippen molar-refractivity contribution in [1.29, 1.82) is 0 Å². The quantitative estimate of drug-likeness (QED) is 0.539. The van der Waals surface area contributed by atoms with E-state index in [2.05, 4.69) is 5.32 Å². The normalized spacial score (nSPS) is 10.4. The highest BCUT2D eigenvalue weighted by Crippen LogP contribution is 2.18. The van der Waals surface area contributed by atoms with Crippen molar-refractivity contribution in [3.63, 3.8) is 0 Å². The Morgan fingerprint density at radius 2 is 1.89 bits per heavy atom. The summed E-state index contributed by atoms with van der Waals surface area (Å²) in [7, 11) is 1.60. The molecule has 0 spiro atoms. The lowest BCUT2D eigenvalue weighted by Crippen LogP contribution is -2.31.